The van der Waals surface area contributed by atoms with Crippen LogP contribution in [-0.4, -0.2) is 35.0 Å². The van der Waals surface area contributed by atoms with Gasteiger partial charge >= 0.3 is 0 Å². The molecule has 2 rings (SSSR count). The average Bonchev–Trinajstić information content (AvgIpc) is 2.78. The molecule has 1 aromatic rings. The van der Waals surface area contributed by atoms with Gasteiger partial charge in [-0.2, -0.15) is 0 Å². The van der Waals surface area contributed by atoms with Gasteiger partial charge in [-0.05, 0) is 18.1 Å². The summed E-state index contributed by atoms with van der Waals surface area (Å²) in [5, 5.41) is 0. The minimum Gasteiger partial charge on any atom is -0.345 e. The molecule has 0 aliphatic carbocycles. The minimum absolute atomic E-state index is 0.0434. The third kappa shape index (κ3) is 3.09. The van der Waals surface area contributed by atoms with E-state index in [1.54, 1.807) is 11.8 Å². The van der Waals surface area contributed by atoms with E-state index in [1.165, 1.54) is 10.5 Å². The van der Waals surface area contributed by atoms with Crippen LogP contribution in [0.4, 0.5) is 0 Å². The van der Waals surface area contributed by atoms with Crippen LogP contribution in [0.15, 0.2) is 29.2 Å². The summed E-state index contributed by atoms with van der Waals surface area (Å²) in [6.07, 6.45) is 0.990. The second kappa shape index (κ2) is 6.11. The molecule has 0 radical (unpaired) electrons. The molecule has 0 fully saturated rings. The molecule has 0 aromatic heterocycles. The number of fused-ring (bicyclic) bond motifs is 1. The van der Waals surface area contributed by atoms with E-state index in [9.17, 15) is 4.79 Å². The fourth-order valence-corrected chi connectivity index (χ4v) is 3.54. The van der Waals surface area contributed by atoms with Crippen molar-refractivity contribution < 1.29 is 4.79 Å². The van der Waals surface area contributed by atoms with Gasteiger partial charge in [-0.1, -0.05) is 41.1 Å². The molecule has 18 heavy (non-hydrogen) atoms. The first-order valence-corrected chi connectivity index (χ1v) is 8.10. The normalized spacial score (nSPS) is 19.4. The van der Waals surface area contributed by atoms with Gasteiger partial charge in [0.1, 0.15) is 0 Å². The quantitative estimate of drug-likeness (QED) is 0.789. The van der Waals surface area contributed by atoms with Gasteiger partial charge in [0, 0.05) is 29.1 Å². The highest BCUT2D eigenvalue weighted by atomic mass is 79.9. The Balaban J connectivity index is 2.02. The van der Waals surface area contributed by atoms with E-state index in [-0.39, 0.29) is 11.8 Å². The third-order valence-electron chi connectivity index (χ3n) is 3.24. The second-order valence-corrected chi connectivity index (χ2v) is 7.36. The van der Waals surface area contributed by atoms with E-state index in [2.05, 4.69) is 35.0 Å². The number of likely N-dealkylation sites (N-methyl/N-ethyl adjacent to an activating group) is 1. The molecular formula is C14H18BrNOS. The van der Waals surface area contributed by atoms with Crippen LogP contribution in [0, 0.1) is 0 Å². The summed E-state index contributed by atoms with van der Waals surface area (Å²) in [4.78, 5) is 16.0. The number of hydrogen-bond acceptors (Lipinski definition) is 2. The number of benzene rings is 1. The summed E-state index contributed by atoms with van der Waals surface area (Å²) < 4.78 is 0. The van der Waals surface area contributed by atoms with Crippen LogP contribution in [0.3, 0.4) is 0 Å². The Bertz CT molecular complexity index is 436. The molecule has 1 amide bonds. The van der Waals surface area contributed by atoms with E-state index in [1.807, 2.05) is 24.1 Å². The van der Waals surface area contributed by atoms with E-state index in [4.69, 9.17) is 0 Å². The summed E-state index contributed by atoms with van der Waals surface area (Å²) in [7, 11) is 1.91. The standard InChI is InChI=1S/C14H18BrNOS/c1-10(15)7-8-16(2)14(17)12-9-18-13-6-4-3-5-11(12)13/h3-6,10,12H,7-9H2,1-2H3. The smallest absolute Gasteiger partial charge is 0.230 e. The Morgan fingerprint density at radius 3 is 3.00 bits per heavy atom. The molecule has 1 heterocycles. The predicted molar refractivity (Wildman–Crippen MR) is 80.6 cm³/mol. The summed E-state index contributed by atoms with van der Waals surface area (Å²) in [5.74, 6) is 1.18. The maximum atomic E-state index is 12.4. The van der Waals surface area contributed by atoms with Crippen LogP contribution in [0.5, 0.6) is 0 Å². The highest BCUT2D eigenvalue weighted by Crippen LogP contribution is 2.40. The zero-order chi connectivity index (χ0) is 13.1. The fourth-order valence-electron chi connectivity index (χ4n) is 2.11. The zero-order valence-electron chi connectivity index (χ0n) is 10.7. The first kappa shape index (κ1) is 13.9. The molecule has 4 heteroatoms. The van der Waals surface area contributed by atoms with Crippen molar-refractivity contribution >= 4 is 33.6 Å². The molecule has 0 spiro atoms. The van der Waals surface area contributed by atoms with Gasteiger partial charge in [0.15, 0.2) is 0 Å². The molecular weight excluding hydrogens is 310 g/mol. The van der Waals surface area contributed by atoms with Crippen molar-refractivity contribution in [3.8, 4) is 0 Å². The van der Waals surface area contributed by atoms with E-state index < -0.39 is 0 Å². The molecule has 98 valence electrons. The Morgan fingerprint density at radius 2 is 2.28 bits per heavy atom. The molecule has 1 aromatic carbocycles. The number of hydrogen-bond donors (Lipinski definition) is 0. The van der Waals surface area contributed by atoms with Crippen molar-refractivity contribution in [2.24, 2.45) is 0 Å². The summed E-state index contributed by atoms with van der Waals surface area (Å²) in [5.41, 5.74) is 1.20. The lowest BCUT2D eigenvalue weighted by Crippen LogP contribution is -2.33. The van der Waals surface area contributed by atoms with Gasteiger partial charge in [-0.3, -0.25) is 4.79 Å². The highest BCUT2D eigenvalue weighted by Gasteiger charge is 2.30. The third-order valence-corrected chi connectivity index (χ3v) is 4.88. The molecule has 0 bridgehead atoms. The first-order chi connectivity index (χ1) is 8.59. The van der Waals surface area contributed by atoms with Gasteiger partial charge in [-0.15, -0.1) is 11.8 Å². The molecule has 2 atom stereocenters. The summed E-state index contributed by atoms with van der Waals surface area (Å²) >= 11 is 5.31. The maximum absolute atomic E-state index is 12.4. The van der Waals surface area contributed by atoms with Crippen LogP contribution in [0.25, 0.3) is 0 Å². The van der Waals surface area contributed by atoms with E-state index in [0.717, 1.165) is 18.7 Å². The number of alkyl halides is 1. The first-order valence-electron chi connectivity index (χ1n) is 6.20. The molecule has 0 saturated carbocycles. The van der Waals surface area contributed by atoms with Crippen molar-refractivity contribution in [2.75, 3.05) is 19.3 Å². The summed E-state index contributed by atoms with van der Waals surface area (Å²) in [6, 6.07) is 8.24. The predicted octanol–water partition coefficient (Wildman–Crippen LogP) is 3.51. The van der Waals surface area contributed by atoms with Crippen molar-refractivity contribution in [1.29, 1.82) is 0 Å². The zero-order valence-corrected chi connectivity index (χ0v) is 13.1. The van der Waals surface area contributed by atoms with Crippen LogP contribution < -0.4 is 0 Å². The SMILES string of the molecule is CC(Br)CCN(C)C(=O)C1CSc2ccccc21. The van der Waals surface area contributed by atoms with Gasteiger partial charge in [0.05, 0.1) is 5.92 Å². The number of carbonyl (C=O) groups is 1. The van der Waals surface area contributed by atoms with Gasteiger partial charge in [0.2, 0.25) is 5.91 Å². The highest BCUT2D eigenvalue weighted by molar-refractivity contribution is 9.09. The van der Waals surface area contributed by atoms with Crippen LogP contribution in [0.2, 0.25) is 0 Å². The lowest BCUT2D eigenvalue weighted by Gasteiger charge is -2.21. The second-order valence-electron chi connectivity index (χ2n) is 4.73. The van der Waals surface area contributed by atoms with E-state index >= 15 is 0 Å². The molecule has 0 N–H and O–H groups in total. The number of halogens is 1. The number of nitrogens with zero attached hydrogens (tertiary/aromatic N) is 1. The van der Waals surface area contributed by atoms with Crippen molar-refractivity contribution in [1.82, 2.24) is 4.90 Å². The summed E-state index contributed by atoms with van der Waals surface area (Å²) in [6.45, 7) is 2.92. The van der Waals surface area contributed by atoms with Crippen molar-refractivity contribution in [3.05, 3.63) is 29.8 Å². The lowest BCUT2D eigenvalue weighted by atomic mass is 10.00. The Labute approximate surface area is 121 Å². The fraction of sp³-hybridized carbons (Fsp3) is 0.500. The largest absolute Gasteiger partial charge is 0.345 e. The van der Waals surface area contributed by atoms with Crippen molar-refractivity contribution in [2.45, 2.75) is 29.0 Å². The number of thioether (sulfide) groups is 1. The minimum atomic E-state index is 0.0434. The molecule has 1 aliphatic rings. The van der Waals surface area contributed by atoms with Crippen molar-refractivity contribution in [3.63, 3.8) is 0 Å². The van der Waals surface area contributed by atoms with E-state index in [0.29, 0.717) is 4.83 Å². The number of rotatable bonds is 4. The Morgan fingerprint density at radius 1 is 1.56 bits per heavy atom. The lowest BCUT2D eigenvalue weighted by molar-refractivity contribution is -0.131. The van der Waals surface area contributed by atoms with Gasteiger partial charge in [-0.25, -0.2) is 0 Å². The Kier molecular flexibility index (Phi) is 4.73. The van der Waals surface area contributed by atoms with Crippen LogP contribution in [0.1, 0.15) is 24.8 Å². The average molecular weight is 328 g/mol. The van der Waals surface area contributed by atoms with Crippen LogP contribution >= 0.6 is 27.7 Å². The maximum Gasteiger partial charge on any atom is 0.230 e. The van der Waals surface area contributed by atoms with Crippen LogP contribution in [-0.2, 0) is 4.79 Å². The van der Waals surface area contributed by atoms with Gasteiger partial charge in [0.25, 0.3) is 0 Å². The Hall–Kier alpha value is -0.480. The topological polar surface area (TPSA) is 20.3 Å². The molecule has 0 saturated heterocycles. The van der Waals surface area contributed by atoms with Gasteiger partial charge < -0.3 is 4.90 Å². The number of amides is 1. The molecule has 2 unspecified atom stereocenters. The number of carbonyl (C=O) groups excluding carboxylic acids is 1. The monoisotopic (exact) mass is 327 g/mol. The molecule has 1 aliphatic heterocycles. The molecule has 2 nitrogen and oxygen atoms in total.